The molecule has 0 aromatic heterocycles. The van der Waals surface area contributed by atoms with Crippen LogP contribution in [0.1, 0.15) is 52.9 Å². The quantitative estimate of drug-likeness (QED) is 0.722. The first-order valence-corrected chi connectivity index (χ1v) is 7.02. The van der Waals surface area contributed by atoms with Crippen LogP contribution in [0.2, 0.25) is 0 Å². The van der Waals surface area contributed by atoms with E-state index in [1.54, 1.807) is 13.8 Å². The van der Waals surface area contributed by atoms with Crippen LogP contribution < -0.4 is 5.32 Å². The van der Waals surface area contributed by atoms with E-state index in [9.17, 15) is 9.59 Å². The number of nitrogens with zero attached hydrogens (tertiary/aromatic N) is 1. The first kappa shape index (κ1) is 13.4. The van der Waals surface area contributed by atoms with Crippen LogP contribution in [0, 0.1) is 5.92 Å². The normalized spacial score (nSPS) is 32.9. The summed E-state index contributed by atoms with van der Waals surface area (Å²) >= 11 is 0. The van der Waals surface area contributed by atoms with E-state index in [2.05, 4.69) is 12.2 Å². The van der Waals surface area contributed by atoms with Gasteiger partial charge in [0, 0.05) is 6.04 Å². The number of nitrogens with one attached hydrogen (secondary N) is 1. The maximum atomic E-state index is 12.4. The molecule has 0 aromatic rings. The fourth-order valence-electron chi connectivity index (χ4n) is 3.10. The number of hydrogen-bond donors (Lipinski definition) is 1. The van der Waals surface area contributed by atoms with Gasteiger partial charge in [-0.1, -0.05) is 19.8 Å². The van der Waals surface area contributed by atoms with Gasteiger partial charge in [-0.25, -0.2) is 0 Å². The molecular weight excluding hydrogens is 228 g/mol. The lowest BCUT2D eigenvalue weighted by molar-refractivity contribution is -0.151. The Balaban J connectivity index is 2.11. The molecule has 4 heteroatoms. The predicted octanol–water partition coefficient (Wildman–Crippen LogP) is 1.69. The van der Waals surface area contributed by atoms with Crippen LogP contribution in [0.25, 0.3) is 0 Å². The smallest absolute Gasteiger partial charge is 0.248 e. The Labute approximate surface area is 109 Å². The minimum atomic E-state index is -0.743. The average molecular weight is 252 g/mol. The first-order valence-electron chi connectivity index (χ1n) is 7.02. The summed E-state index contributed by atoms with van der Waals surface area (Å²) in [4.78, 5) is 25.9. The predicted molar refractivity (Wildman–Crippen MR) is 70.0 cm³/mol. The molecule has 1 aliphatic carbocycles. The second kappa shape index (κ2) is 4.90. The molecule has 102 valence electrons. The Hall–Kier alpha value is -1.06. The van der Waals surface area contributed by atoms with Crippen LogP contribution in [-0.2, 0) is 9.59 Å². The van der Waals surface area contributed by atoms with Gasteiger partial charge in [-0.3, -0.25) is 9.59 Å². The van der Waals surface area contributed by atoms with E-state index < -0.39 is 5.54 Å². The molecule has 18 heavy (non-hydrogen) atoms. The Morgan fingerprint density at radius 1 is 1.17 bits per heavy atom. The van der Waals surface area contributed by atoms with Crippen molar-refractivity contribution in [3.05, 3.63) is 0 Å². The van der Waals surface area contributed by atoms with E-state index >= 15 is 0 Å². The molecular formula is C14H24N2O2. The molecule has 1 aliphatic heterocycles. The fourth-order valence-corrected chi connectivity index (χ4v) is 3.10. The monoisotopic (exact) mass is 252 g/mol. The summed E-state index contributed by atoms with van der Waals surface area (Å²) in [6.07, 6.45) is 5.65. The Kier molecular flexibility index (Phi) is 3.64. The lowest BCUT2D eigenvalue weighted by Gasteiger charge is -2.41. The van der Waals surface area contributed by atoms with Gasteiger partial charge in [-0.15, -0.1) is 0 Å². The van der Waals surface area contributed by atoms with Crippen LogP contribution in [0.15, 0.2) is 0 Å². The van der Waals surface area contributed by atoms with Gasteiger partial charge >= 0.3 is 0 Å². The maximum absolute atomic E-state index is 12.4. The Bertz CT molecular complexity index is 352. The molecule has 0 spiro atoms. The summed E-state index contributed by atoms with van der Waals surface area (Å²) in [5.74, 6) is 0.787. The summed E-state index contributed by atoms with van der Waals surface area (Å²) in [6.45, 7) is 6.09. The summed E-state index contributed by atoms with van der Waals surface area (Å²) in [5, 5.41) is 2.77. The van der Waals surface area contributed by atoms with Gasteiger partial charge in [-0.05, 0) is 39.0 Å². The molecule has 2 unspecified atom stereocenters. The fraction of sp³-hybridized carbons (Fsp3) is 0.857. The highest BCUT2D eigenvalue weighted by Crippen LogP contribution is 2.28. The van der Waals surface area contributed by atoms with E-state index in [4.69, 9.17) is 0 Å². The van der Waals surface area contributed by atoms with Crippen molar-refractivity contribution in [1.29, 1.82) is 0 Å². The van der Waals surface area contributed by atoms with Crippen LogP contribution in [-0.4, -0.2) is 34.8 Å². The summed E-state index contributed by atoms with van der Waals surface area (Å²) in [7, 11) is 0. The molecule has 1 saturated heterocycles. The van der Waals surface area contributed by atoms with Crippen LogP contribution >= 0.6 is 0 Å². The molecule has 2 aliphatic rings. The van der Waals surface area contributed by atoms with Gasteiger partial charge in [0.15, 0.2) is 0 Å². The molecule has 0 bridgehead atoms. The molecule has 1 N–H and O–H groups in total. The van der Waals surface area contributed by atoms with Crippen molar-refractivity contribution in [2.45, 2.75) is 64.5 Å². The van der Waals surface area contributed by atoms with Crippen LogP contribution in [0.3, 0.4) is 0 Å². The topological polar surface area (TPSA) is 49.4 Å². The molecule has 2 fully saturated rings. The zero-order valence-electron chi connectivity index (χ0n) is 11.7. The van der Waals surface area contributed by atoms with Crippen molar-refractivity contribution in [3.63, 3.8) is 0 Å². The van der Waals surface area contributed by atoms with Gasteiger partial charge in [0.1, 0.15) is 5.54 Å². The number of carbonyl (C=O) groups excluding carboxylic acids is 2. The molecule has 0 aromatic carbocycles. The second-order valence-electron chi connectivity index (χ2n) is 6.37. The van der Waals surface area contributed by atoms with Gasteiger partial charge in [0.2, 0.25) is 11.8 Å². The molecule has 2 rings (SSSR count). The number of piperazine rings is 1. The highest BCUT2D eigenvalue weighted by atomic mass is 16.2. The van der Waals surface area contributed by atoms with E-state index in [0.717, 1.165) is 31.6 Å². The maximum Gasteiger partial charge on any atom is 0.248 e. The minimum absolute atomic E-state index is 0.0307. The number of rotatable bonds is 1. The third-order valence-electron chi connectivity index (χ3n) is 4.23. The van der Waals surface area contributed by atoms with E-state index in [1.807, 2.05) is 4.90 Å². The van der Waals surface area contributed by atoms with Crippen molar-refractivity contribution in [1.82, 2.24) is 10.2 Å². The summed E-state index contributed by atoms with van der Waals surface area (Å²) in [5.41, 5.74) is -0.743. The first-order chi connectivity index (χ1) is 8.40. The van der Waals surface area contributed by atoms with E-state index in [-0.39, 0.29) is 24.4 Å². The van der Waals surface area contributed by atoms with Crippen molar-refractivity contribution >= 4 is 11.8 Å². The van der Waals surface area contributed by atoms with Crippen molar-refractivity contribution in [2.24, 2.45) is 5.92 Å². The summed E-state index contributed by atoms with van der Waals surface area (Å²) < 4.78 is 0. The zero-order chi connectivity index (χ0) is 13.3. The third kappa shape index (κ3) is 2.68. The summed E-state index contributed by atoms with van der Waals surface area (Å²) in [6, 6.07) is 0.257. The number of hydrogen-bond acceptors (Lipinski definition) is 2. The largest absolute Gasteiger partial charge is 0.341 e. The Morgan fingerprint density at radius 3 is 2.61 bits per heavy atom. The van der Waals surface area contributed by atoms with E-state index in [1.165, 1.54) is 6.42 Å². The average Bonchev–Trinajstić information content (AvgIpc) is 2.48. The molecule has 4 nitrogen and oxygen atoms in total. The highest BCUT2D eigenvalue weighted by Gasteiger charge is 2.41. The zero-order valence-corrected chi connectivity index (χ0v) is 11.7. The van der Waals surface area contributed by atoms with Crippen LogP contribution in [0.4, 0.5) is 0 Å². The highest BCUT2D eigenvalue weighted by molar-refractivity contribution is 5.97. The molecule has 2 atom stereocenters. The van der Waals surface area contributed by atoms with Gasteiger partial charge in [0.25, 0.3) is 0 Å². The molecule has 1 heterocycles. The van der Waals surface area contributed by atoms with E-state index in [0.29, 0.717) is 0 Å². The van der Waals surface area contributed by atoms with Gasteiger partial charge in [0.05, 0.1) is 6.54 Å². The minimum Gasteiger partial charge on any atom is -0.341 e. The van der Waals surface area contributed by atoms with Gasteiger partial charge in [-0.2, -0.15) is 0 Å². The molecule has 0 radical (unpaired) electrons. The van der Waals surface area contributed by atoms with Crippen molar-refractivity contribution < 1.29 is 9.59 Å². The molecule has 2 amide bonds. The van der Waals surface area contributed by atoms with Crippen LogP contribution in [0.5, 0.6) is 0 Å². The van der Waals surface area contributed by atoms with Gasteiger partial charge < -0.3 is 10.2 Å². The van der Waals surface area contributed by atoms with Crippen molar-refractivity contribution in [2.75, 3.05) is 6.54 Å². The Morgan fingerprint density at radius 2 is 1.89 bits per heavy atom. The third-order valence-corrected chi connectivity index (χ3v) is 4.23. The number of carbonyl (C=O) groups is 2. The number of amides is 2. The standard InChI is InChI=1S/C14H24N2O2/c1-10-5-4-6-11(8-7-10)16-9-12(17)15-14(2,3)13(16)18/h10-11H,4-9H2,1-3H3,(H,15,17). The SMILES string of the molecule is CC1CCCC(N2CC(=O)NC(C)(C)C2=O)CC1. The second-order valence-corrected chi connectivity index (χ2v) is 6.37. The lowest BCUT2D eigenvalue weighted by atomic mass is 9.96. The molecule has 1 saturated carbocycles. The van der Waals surface area contributed by atoms with Crippen molar-refractivity contribution in [3.8, 4) is 0 Å². The lowest BCUT2D eigenvalue weighted by Crippen LogP contribution is -2.65.